The fraction of sp³-hybridized carbons (Fsp3) is 0. The van der Waals surface area contributed by atoms with E-state index in [0.29, 0.717) is 0 Å². The molecule has 0 aliphatic rings. The number of amides is 1. The molecule has 0 unspecified atom stereocenters. The minimum atomic E-state index is -1.47. The lowest BCUT2D eigenvalue weighted by Crippen LogP contribution is -2.15. The van der Waals surface area contributed by atoms with Crippen LogP contribution in [0.4, 0.5) is 10.1 Å². The first-order chi connectivity index (χ1) is 9.90. The van der Waals surface area contributed by atoms with Crippen LogP contribution >= 0.6 is 23.2 Å². The molecule has 0 spiro atoms. The average Bonchev–Trinajstić information content (AvgIpc) is 2.41. The quantitative estimate of drug-likeness (QED) is 0.892. The van der Waals surface area contributed by atoms with E-state index in [4.69, 9.17) is 28.3 Å². The summed E-state index contributed by atoms with van der Waals surface area (Å²) < 4.78 is 13.5. The summed E-state index contributed by atoms with van der Waals surface area (Å²) in [6, 6.07) is 7.77. The molecule has 0 saturated carbocycles. The molecule has 2 rings (SSSR count). The van der Waals surface area contributed by atoms with Gasteiger partial charge in [0, 0.05) is 5.56 Å². The lowest BCUT2D eigenvalue weighted by Gasteiger charge is -2.09. The Labute approximate surface area is 129 Å². The Morgan fingerprint density at radius 3 is 2.43 bits per heavy atom. The topological polar surface area (TPSA) is 66.4 Å². The van der Waals surface area contributed by atoms with Crippen LogP contribution in [0.5, 0.6) is 0 Å². The van der Waals surface area contributed by atoms with Crippen molar-refractivity contribution in [2.24, 2.45) is 0 Å². The molecule has 1 amide bonds. The van der Waals surface area contributed by atoms with Crippen LogP contribution in [0.15, 0.2) is 36.4 Å². The van der Waals surface area contributed by atoms with Crippen molar-refractivity contribution in [2.75, 3.05) is 5.32 Å². The van der Waals surface area contributed by atoms with Gasteiger partial charge in [-0.15, -0.1) is 0 Å². The largest absolute Gasteiger partial charge is 0.478 e. The number of nitrogens with one attached hydrogen (secondary N) is 1. The summed E-state index contributed by atoms with van der Waals surface area (Å²) in [4.78, 5) is 23.1. The van der Waals surface area contributed by atoms with Gasteiger partial charge in [-0.2, -0.15) is 0 Å². The maximum absolute atomic E-state index is 13.5. The second-order valence-electron chi connectivity index (χ2n) is 4.05. The fourth-order valence-corrected chi connectivity index (χ4v) is 1.98. The van der Waals surface area contributed by atoms with Crippen LogP contribution in [0.3, 0.4) is 0 Å². The molecule has 0 heterocycles. The van der Waals surface area contributed by atoms with Crippen molar-refractivity contribution in [1.29, 1.82) is 0 Å². The molecule has 2 aromatic rings. The first-order valence-corrected chi connectivity index (χ1v) is 6.44. The van der Waals surface area contributed by atoms with Crippen LogP contribution in [0, 0.1) is 5.82 Å². The van der Waals surface area contributed by atoms with Gasteiger partial charge in [-0.3, -0.25) is 4.79 Å². The zero-order valence-electron chi connectivity index (χ0n) is 10.4. The molecule has 0 bridgehead atoms. The van der Waals surface area contributed by atoms with Crippen LogP contribution in [-0.2, 0) is 0 Å². The second-order valence-corrected chi connectivity index (χ2v) is 4.86. The van der Waals surface area contributed by atoms with Gasteiger partial charge in [0.25, 0.3) is 5.91 Å². The van der Waals surface area contributed by atoms with E-state index in [-0.39, 0.29) is 21.3 Å². The summed E-state index contributed by atoms with van der Waals surface area (Å²) in [5.41, 5.74) is -0.575. The van der Waals surface area contributed by atoms with Crippen molar-refractivity contribution >= 4 is 40.8 Å². The van der Waals surface area contributed by atoms with Crippen molar-refractivity contribution in [2.45, 2.75) is 0 Å². The van der Waals surface area contributed by atoms with Gasteiger partial charge in [-0.25, -0.2) is 9.18 Å². The number of hydrogen-bond acceptors (Lipinski definition) is 2. The maximum atomic E-state index is 13.5. The highest BCUT2D eigenvalue weighted by atomic mass is 35.5. The Hall–Kier alpha value is -2.11. The van der Waals surface area contributed by atoms with Gasteiger partial charge in [0.2, 0.25) is 0 Å². The highest BCUT2D eigenvalue weighted by Gasteiger charge is 2.18. The number of rotatable bonds is 3. The molecule has 4 nitrogen and oxygen atoms in total. The summed E-state index contributed by atoms with van der Waals surface area (Å²) in [7, 11) is 0. The number of hydrogen-bond donors (Lipinski definition) is 2. The van der Waals surface area contributed by atoms with Crippen molar-refractivity contribution < 1.29 is 19.1 Å². The molecule has 0 aromatic heterocycles. The third-order valence-corrected chi connectivity index (χ3v) is 3.40. The van der Waals surface area contributed by atoms with Crippen LogP contribution in [0.2, 0.25) is 10.0 Å². The number of carboxylic acids is 1. The van der Waals surface area contributed by atoms with Gasteiger partial charge in [0.05, 0.1) is 15.7 Å². The van der Waals surface area contributed by atoms with Gasteiger partial charge in [-0.05, 0) is 30.3 Å². The maximum Gasteiger partial charge on any atom is 0.340 e. The zero-order chi connectivity index (χ0) is 15.6. The summed E-state index contributed by atoms with van der Waals surface area (Å²) in [6.07, 6.45) is 0. The number of carbonyl (C=O) groups excluding carboxylic acids is 1. The molecule has 2 aromatic carbocycles. The van der Waals surface area contributed by atoms with E-state index in [0.717, 1.165) is 6.07 Å². The molecule has 0 fully saturated rings. The first kappa shape index (κ1) is 15.3. The Bertz CT molecular complexity index is 734. The van der Waals surface area contributed by atoms with E-state index in [9.17, 15) is 14.0 Å². The Morgan fingerprint density at radius 2 is 1.81 bits per heavy atom. The molecule has 2 N–H and O–H groups in total. The third-order valence-electron chi connectivity index (χ3n) is 2.66. The lowest BCUT2D eigenvalue weighted by atomic mass is 10.1. The van der Waals surface area contributed by atoms with Crippen molar-refractivity contribution in [3.8, 4) is 0 Å². The monoisotopic (exact) mass is 327 g/mol. The highest BCUT2D eigenvalue weighted by Crippen LogP contribution is 2.24. The van der Waals surface area contributed by atoms with E-state index >= 15 is 0 Å². The van der Waals surface area contributed by atoms with Gasteiger partial charge in [0.1, 0.15) is 11.4 Å². The predicted molar refractivity (Wildman–Crippen MR) is 77.8 cm³/mol. The van der Waals surface area contributed by atoms with Crippen LogP contribution < -0.4 is 5.32 Å². The number of anilines is 1. The molecule has 0 radical (unpaired) electrons. The molecular weight excluding hydrogens is 320 g/mol. The summed E-state index contributed by atoms with van der Waals surface area (Å²) in [5, 5.41) is 11.8. The Balaban J connectivity index is 2.34. The van der Waals surface area contributed by atoms with Gasteiger partial charge in [0.15, 0.2) is 0 Å². The van der Waals surface area contributed by atoms with Crippen molar-refractivity contribution in [1.82, 2.24) is 0 Å². The number of halogens is 3. The SMILES string of the molecule is O=C(Nc1cccc(F)c1C(=O)O)c1ccc(Cl)c(Cl)c1. The van der Waals surface area contributed by atoms with E-state index in [1.165, 1.54) is 30.3 Å². The molecule has 0 aliphatic heterocycles. The molecule has 0 atom stereocenters. The molecule has 108 valence electrons. The number of benzene rings is 2. The Kier molecular flexibility index (Phi) is 4.45. The van der Waals surface area contributed by atoms with Crippen LogP contribution in [0.1, 0.15) is 20.7 Å². The minimum Gasteiger partial charge on any atom is -0.478 e. The summed E-state index contributed by atoms with van der Waals surface area (Å²) >= 11 is 11.5. The normalized spacial score (nSPS) is 10.2. The third kappa shape index (κ3) is 3.32. The highest BCUT2D eigenvalue weighted by molar-refractivity contribution is 6.42. The van der Waals surface area contributed by atoms with Gasteiger partial charge in [-0.1, -0.05) is 29.3 Å². The number of carbonyl (C=O) groups is 2. The van der Waals surface area contributed by atoms with E-state index < -0.39 is 23.3 Å². The average molecular weight is 328 g/mol. The van der Waals surface area contributed by atoms with Crippen molar-refractivity contribution in [3.63, 3.8) is 0 Å². The number of carboxylic acid groups (broad SMARTS) is 1. The standard InChI is InChI=1S/C14H8Cl2FNO3/c15-8-5-4-7(6-9(8)16)13(19)18-11-3-1-2-10(17)12(11)14(20)21/h1-6H,(H,18,19)(H,20,21). The molecular formula is C14H8Cl2FNO3. The van der Waals surface area contributed by atoms with Crippen LogP contribution in [0.25, 0.3) is 0 Å². The van der Waals surface area contributed by atoms with Gasteiger partial charge >= 0.3 is 5.97 Å². The fourth-order valence-electron chi connectivity index (χ4n) is 1.68. The first-order valence-electron chi connectivity index (χ1n) is 5.68. The predicted octanol–water partition coefficient (Wildman–Crippen LogP) is 4.08. The Morgan fingerprint density at radius 1 is 1.10 bits per heavy atom. The molecule has 0 aliphatic carbocycles. The molecule has 0 saturated heterocycles. The van der Waals surface area contributed by atoms with E-state index in [1.54, 1.807) is 0 Å². The molecule has 7 heteroatoms. The molecule has 21 heavy (non-hydrogen) atoms. The summed E-state index contributed by atoms with van der Waals surface area (Å²) in [5.74, 6) is -3.03. The minimum absolute atomic E-state index is 0.140. The van der Waals surface area contributed by atoms with Gasteiger partial charge < -0.3 is 10.4 Å². The second kappa shape index (κ2) is 6.11. The summed E-state index contributed by atoms with van der Waals surface area (Å²) in [6.45, 7) is 0. The van der Waals surface area contributed by atoms with E-state index in [1.807, 2.05) is 0 Å². The smallest absolute Gasteiger partial charge is 0.340 e. The number of aromatic carboxylic acids is 1. The zero-order valence-corrected chi connectivity index (χ0v) is 11.9. The van der Waals surface area contributed by atoms with Crippen LogP contribution in [-0.4, -0.2) is 17.0 Å². The van der Waals surface area contributed by atoms with E-state index in [2.05, 4.69) is 5.32 Å². The van der Waals surface area contributed by atoms with Crippen molar-refractivity contribution in [3.05, 3.63) is 63.4 Å². The lowest BCUT2D eigenvalue weighted by molar-refractivity contribution is 0.0693.